The maximum absolute atomic E-state index is 12.7. The average Bonchev–Trinajstić information content (AvgIpc) is 2.53. The molecule has 0 saturated carbocycles. The van der Waals surface area contributed by atoms with E-state index in [2.05, 4.69) is 12.2 Å². The number of hydrogen-bond donors (Lipinski definition) is 1. The van der Waals surface area contributed by atoms with E-state index in [1.807, 2.05) is 12.1 Å². The molecule has 2 aromatic rings. The fourth-order valence-electron chi connectivity index (χ4n) is 2.18. The van der Waals surface area contributed by atoms with E-state index >= 15 is 0 Å². The highest BCUT2D eigenvalue weighted by molar-refractivity contribution is 6.04. The lowest BCUT2D eigenvalue weighted by molar-refractivity contribution is -0.137. The van der Waals surface area contributed by atoms with Gasteiger partial charge in [0.2, 0.25) is 0 Å². The summed E-state index contributed by atoms with van der Waals surface area (Å²) in [4.78, 5) is 12.1. The number of unbranched alkanes of at least 4 members (excludes halogenated alkanes) is 1. The van der Waals surface area contributed by atoms with Gasteiger partial charge in [-0.15, -0.1) is 0 Å². The fourth-order valence-corrected chi connectivity index (χ4v) is 2.18. The van der Waals surface area contributed by atoms with Crippen LogP contribution in [0.3, 0.4) is 0 Å². The van der Waals surface area contributed by atoms with E-state index in [1.165, 1.54) is 17.7 Å². The summed E-state index contributed by atoms with van der Waals surface area (Å²) >= 11 is 0. The fraction of sp³-hybridized carbons (Fsp3) is 0.278. The van der Waals surface area contributed by atoms with Gasteiger partial charge in [0.1, 0.15) is 0 Å². The monoisotopic (exact) mass is 321 g/mol. The lowest BCUT2D eigenvalue weighted by Gasteiger charge is -2.10. The number of aryl methyl sites for hydroxylation is 1. The van der Waals surface area contributed by atoms with Crippen LogP contribution in [0.25, 0.3) is 0 Å². The van der Waals surface area contributed by atoms with Crippen molar-refractivity contribution in [3.63, 3.8) is 0 Å². The van der Waals surface area contributed by atoms with Crippen molar-refractivity contribution in [1.82, 2.24) is 0 Å². The van der Waals surface area contributed by atoms with Crippen LogP contribution in [0, 0.1) is 0 Å². The van der Waals surface area contributed by atoms with E-state index in [4.69, 9.17) is 0 Å². The Balaban J connectivity index is 2.07. The molecular formula is C18H18F3NO. The molecule has 0 saturated heterocycles. The summed E-state index contributed by atoms with van der Waals surface area (Å²) in [5.41, 5.74) is 0.881. The molecule has 0 fully saturated rings. The number of rotatable bonds is 5. The van der Waals surface area contributed by atoms with Crippen LogP contribution in [0.4, 0.5) is 18.9 Å². The number of halogens is 3. The van der Waals surface area contributed by atoms with Crippen molar-refractivity contribution >= 4 is 11.6 Å². The summed E-state index contributed by atoms with van der Waals surface area (Å²) in [7, 11) is 0. The number of amides is 1. The van der Waals surface area contributed by atoms with Crippen molar-refractivity contribution < 1.29 is 18.0 Å². The Morgan fingerprint density at radius 1 is 1.09 bits per heavy atom. The molecule has 0 aromatic heterocycles. The molecule has 122 valence electrons. The smallest absolute Gasteiger partial charge is 0.322 e. The molecular weight excluding hydrogens is 303 g/mol. The Morgan fingerprint density at radius 2 is 1.78 bits per heavy atom. The van der Waals surface area contributed by atoms with E-state index in [9.17, 15) is 18.0 Å². The largest absolute Gasteiger partial charge is 0.416 e. The van der Waals surface area contributed by atoms with Crippen molar-refractivity contribution in [1.29, 1.82) is 0 Å². The molecule has 0 radical (unpaired) electrons. The number of anilines is 1. The molecule has 0 aliphatic carbocycles. The van der Waals surface area contributed by atoms with E-state index in [-0.39, 0.29) is 5.56 Å². The molecule has 0 bridgehead atoms. The van der Waals surface area contributed by atoms with Crippen LogP contribution >= 0.6 is 0 Å². The molecule has 0 atom stereocenters. The zero-order valence-corrected chi connectivity index (χ0v) is 12.8. The second-order valence-electron chi connectivity index (χ2n) is 5.33. The summed E-state index contributed by atoms with van der Waals surface area (Å²) in [6.45, 7) is 2.11. The SMILES string of the molecule is CCCCc1ccc(NC(=O)c2cccc(C(F)(F)F)c2)cc1. The lowest BCUT2D eigenvalue weighted by atomic mass is 10.1. The highest BCUT2D eigenvalue weighted by atomic mass is 19.4. The topological polar surface area (TPSA) is 29.1 Å². The molecule has 5 heteroatoms. The molecule has 2 aromatic carbocycles. The Bertz CT molecular complexity index is 663. The maximum atomic E-state index is 12.7. The molecule has 0 aliphatic heterocycles. The summed E-state index contributed by atoms with van der Waals surface area (Å²) < 4.78 is 38.0. The number of hydrogen-bond acceptors (Lipinski definition) is 1. The Hall–Kier alpha value is -2.30. The van der Waals surface area contributed by atoms with Crippen LogP contribution in [-0.4, -0.2) is 5.91 Å². The van der Waals surface area contributed by atoms with Crippen LogP contribution in [-0.2, 0) is 12.6 Å². The summed E-state index contributed by atoms with van der Waals surface area (Å²) in [6, 6.07) is 11.7. The van der Waals surface area contributed by atoms with Gasteiger partial charge >= 0.3 is 6.18 Å². The molecule has 1 N–H and O–H groups in total. The van der Waals surface area contributed by atoms with Crippen LogP contribution in [0.5, 0.6) is 0 Å². The average molecular weight is 321 g/mol. The summed E-state index contributed by atoms with van der Waals surface area (Å²) in [6.07, 6.45) is -1.29. The van der Waals surface area contributed by atoms with Crippen LogP contribution < -0.4 is 5.32 Å². The molecule has 0 aliphatic rings. The quantitative estimate of drug-likeness (QED) is 0.795. The van der Waals surface area contributed by atoms with Gasteiger partial charge in [-0.1, -0.05) is 31.5 Å². The highest BCUT2D eigenvalue weighted by Crippen LogP contribution is 2.29. The molecule has 0 spiro atoms. The maximum Gasteiger partial charge on any atom is 0.416 e. The van der Waals surface area contributed by atoms with Crippen LogP contribution in [0.15, 0.2) is 48.5 Å². The third-order valence-corrected chi connectivity index (χ3v) is 3.48. The number of alkyl halides is 3. The second-order valence-corrected chi connectivity index (χ2v) is 5.33. The van der Waals surface area contributed by atoms with Gasteiger partial charge in [-0.25, -0.2) is 0 Å². The molecule has 2 nitrogen and oxygen atoms in total. The Morgan fingerprint density at radius 3 is 2.39 bits per heavy atom. The van der Waals surface area contributed by atoms with Crippen molar-refractivity contribution in [3.05, 3.63) is 65.2 Å². The van der Waals surface area contributed by atoms with Gasteiger partial charge in [-0.3, -0.25) is 4.79 Å². The zero-order valence-electron chi connectivity index (χ0n) is 12.8. The van der Waals surface area contributed by atoms with Gasteiger partial charge in [-0.05, 0) is 48.7 Å². The number of benzene rings is 2. The first-order valence-electron chi connectivity index (χ1n) is 7.47. The van der Waals surface area contributed by atoms with Gasteiger partial charge in [0.25, 0.3) is 5.91 Å². The number of carbonyl (C=O) groups excluding carboxylic acids is 1. The van der Waals surface area contributed by atoms with E-state index in [1.54, 1.807) is 12.1 Å². The summed E-state index contributed by atoms with van der Waals surface area (Å²) in [5, 5.41) is 2.61. The number of carbonyl (C=O) groups is 1. The molecule has 0 heterocycles. The normalized spacial score (nSPS) is 11.3. The first-order valence-corrected chi connectivity index (χ1v) is 7.47. The van der Waals surface area contributed by atoms with Gasteiger partial charge < -0.3 is 5.32 Å². The third-order valence-electron chi connectivity index (χ3n) is 3.48. The molecule has 2 rings (SSSR count). The van der Waals surface area contributed by atoms with Crippen molar-refractivity contribution in [3.8, 4) is 0 Å². The third kappa shape index (κ3) is 4.84. The van der Waals surface area contributed by atoms with E-state index in [0.717, 1.165) is 31.4 Å². The lowest BCUT2D eigenvalue weighted by Crippen LogP contribution is -2.13. The minimum atomic E-state index is -4.46. The molecule has 0 unspecified atom stereocenters. The van der Waals surface area contributed by atoms with Crippen molar-refractivity contribution in [2.45, 2.75) is 32.4 Å². The zero-order chi connectivity index (χ0) is 16.9. The first-order chi connectivity index (χ1) is 10.9. The molecule has 23 heavy (non-hydrogen) atoms. The summed E-state index contributed by atoms with van der Waals surface area (Å²) in [5.74, 6) is -0.558. The van der Waals surface area contributed by atoms with Gasteiger partial charge in [0, 0.05) is 11.3 Å². The number of nitrogens with one attached hydrogen (secondary N) is 1. The molecule has 1 amide bonds. The van der Waals surface area contributed by atoms with E-state index < -0.39 is 17.6 Å². The highest BCUT2D eigenvalue weighted by Gasteiger charge is 2.30. The van der Waals surface area contributed by atoms with E-state index in [0.29, 0.717) is 5.69 Å². The minimum absolute atomic E-state index is 0.0186. The van der Waals surface area contributed by atoms with Crippen molar-refractivity contribution in [2.24, 2.45) is 0 Å². The predicted molar refractivity (Wildman–Crippen MR) is 84.5 cm³/mol. The minimum Gasteiger partial charge on any atom is -0.322 e. The Kier molecular flexibility index (Phi) is 5.42. The van der Waals surface area contributed by atoms with Gasteiger partial charge in [0.15, 0.2) is 0 Å². The van der Waals surface area contributed by atoms with Crippen LogP contribution in [0.2, 0.25) is 0 Å². The Labute approximate surface area is 133 Å². The second kappa shape index (κ2) is 7.31. The van der Waals surface area contributed by atoms with Crippen molar-refractivity contribution in [2.75, 3.05) is 5.32 Å². The predicted octanol–water partition coefficient (Wildman–Crippen LogP) is 5.30. The first kappa shape index (κ1) is 17.1. The van der Waals surface area contributed by atoms with Gasteiger partial charge in [0.05, 0.1) is 5.56 Å². The van der Waals surface area contributed by atoms with Crippen LogP contribution in [0.1, 0.15) is 41.3 Å². The van der Waals surface area contributed by atoms with Gasteiger partial charge in [-0.2, -0.15) is 13.2 Å². The standard InChI is InChI=1S/C18H18F3NO/c1-2-3-5-13-8-10-16(11-9-13)22-17(23)14-6-4-7-15(12-14)18(19,20)21/h4,6-12H,2-3,5H2,1H3,(H,22,23).